The van der Waals surface area contributed by atoms with E-state index in [-0.39, 0.29) is 33.0 Å². The zero-order chi connectivity index (χ0) is 10.8. The molecule has 0 aromatic rings. The van der Waals surface area contributed by atoms with Crippen LogP contribution < -0.4 is 0 Å². The van der Waals surface area contributed by atoms with E-state index in [1.54, 1.807) is 0 Å². The molecule has 0 heterocycles. The highest BCUT2D eigenvalue weighted by atomic mass is 17.0. The van der Waals surface area contributed by atoms with Crippen LogP contribution in [0.4, 0.5) is 0 Å². The SMILES string of the molecule is O=[N+]([O-])OC(O)COCCOCCO. The standard InChI is InChI=1S/C6H13NO7/c8-1-2-12-3-4-13-5-6(9)14-7(10)11/h6,8-9H,1-5H2. The first-order valence-electron chi connectivity index (χ1n) is 3.92. The van der Waals surface area contributed by atoms with Crippen molar-refractivity contribution in [2.24, 2.45) is 0 Å². The van der Waals surface area contributed by atoms with Crippen LogP contribution in [0.25, 0.3) is 0 Å². The Kier molecular flexibility index (Phi) is 8.04. The number of aliphatic hydroxyl groups excluding tert-OH is 2. The Morgan fingerprint density at radius 3 is 2.50 bits per heavy atom. The smallest absolute Gasteiger partial charge is 0.297 e. The van der Waals surface area contributed by atoms with E-state index in [4.69, 9.17) is 19.7 Å². The van der Waals surface area contributed by atoms with Gasteiger partial charge in [0.15, 0.2) is 0 Å². The van der Waals surface area contributed by atoms with Gasteiger partial charge in [-0.1, -0.05) is 0 Å². The van der Waals surface area contributed by atoms with Gasteiger partial charge in [0.25, 0.3) is 5.09 Å². The maximum absolute atomic E-state index is 9.70. The van der Waals surface area contributed by atoms with Gasteiger partial charge in [-0.05, 0) is 0 Å². The van der Waals surface area contributed by atoms with E-state index in [0.29, 0.717) is 0 Å². The first-order valence-corrected chi connectivity index (χ1v) is 3.92. The molecule has 84 valence electrons. The number of rotatable bonds is 9. The molecule has 8 heteroatoms. The van der Waals surface area contributed by atoms with Gasteiger partial charge >= 0.3 is 0 Å². The molecule has 8 nitrogen and oxygen atoms in total. The van der Waals surface area contributed by atoms with E-state index in [1.165, 1.54) is 0 Å². The summed E-state index contributed by atoms with van der Waals surface area (Å²) >= 11 is 0. The molecule has 0 amide bonds. The molecule has 0 rings (SSSR count). The second kappa shape index (κ2) is 8.63. The molecule has 0 bridgehead atoms. The van der Waals surface area contributed by atoms with Crippen molar-refractivity contribution in [3.05, 3.63) is 10.1 Å². The third-order valence-electron chi connectivity index (χ3n) is 1.08. The van der Waals surface area contributed by atoms with E-state index in [0.717, 1.165) is 0 Å². The first-order chi connectivity index (χ1) is 6.66. The van der Waals surface area contributed by atoms with Crippen LogP contribution in [0.3, 0.4) is 0 Å². The predicted octanol–water partition coefficient (Wildman–Crippen LogP) is -1.46. The summed E-state index contributed by atoms with van der Waals surface area (Å²) in [4.78, 5) is 13.4. The molecule has 14 heavy (non-hydrogen) atoms. The van der Waals surface area contributed by atoms with Crippen LogP contribution in [-0.2, 0) is 14.3 Å². The lowest BCUT2D eigenvalue weighted by Crippen LogP contribution is -2.23. The van der Waals surface area contributed by atoms with Crippen molar-refractivity contribution in [1.82, 2.24) is 0 Å². The number of aliphatic hydroxyl groups is 2. The first kappa shape index (κ1) is 13.0. The summed E-state index contributed by atoms with van der Waals surface area (Å²) in [6.07, 6.45) is -1.58. The van der Waals surface area contributed by atoms with Gasteiger partial charge in [0, 0.05) is 0 Å². The fourth-order valence-corrected chi connectivity index (χ4v) is 0.598. The Morgan fingerprint density at radius 1 is 1.29 bits per heavy atom. The summed E-state index contributed by atoms with van der Waals surface area (Å²) in [6, 6.07) is 0. The topological polar surface area (TPSA) is 111 Å². The van der Waals surface area contributed by atoms with Crippen molar-refractivity contribution in [1.29, 1.82) is 0 Å². The highest BCUT2D eigenvalue weighted by Gasteiger charge is 2.07. The van der Waals surface area contributed by atoms with E-state index in [9.17, 15) is 10.1 Å². The molecule has 0 fully saturated rings. The molecule has 0 spiro atoms. The summed E-state index contributed by atoms with van der Waals surface area (Å²) in [6.45, 7) is 0.234. The van der Waals surface area contributed by atoms with Gasteiger partial charge in [-0.3, -0.25) is 4.84 Å². The Hall–Kier alpha value is -0.960. The van der Waals surface area contributed by atoms with Gasteiger partial charge in [-0.25, -0.2) is 0 Å². The largest absolute Gasteiger partial charge is 0.394 e. The van der Waals surface area contributed by atoms with Crippen molar-refractivity contribution in [2.75, 3.05) is 33.0 Å². The predicted molar refractivity (Wildman–Crippen MR) is 42.8 cm³/mol. The maximum atomic E-state index is 9.70. The van der Waals surface area contributed by atoms with E-state index < -0.39 is 11.4 Å². The normalized spacial score (nSPS) is 12.4. The molecule has 1 unspecified atom stereocenters. The van der Waals surface area contributed by atoms with Crippen LogP contribution in [0.15, 0.2) is 0 Å². The maximum Gasteiger partial charge on any atom is 0.297 e. The summed E-state index contributed by atoms with van der Waals surface area (Å²) in [5.74, 6) is 0. The molecule has 0 aromatic carbocycles. The van der Waals surface area contributed by atoms with Gasteiger partial charge in [0.1, 0.15) is 0 Å². The third-order valence-corrected chi connectivity index (χ3v) is 1.08. The fraction of sp³-hybridized carbons (Fsp3) is 1.00. The number of nitrogens with zero attached hydrogens (tertiary/aromatic N) is 1. The zero-order valence-electron chi connectivity index (χ0n) is 7.50. The monoisotopic (exact) mass is 211 g/mol. The molecule has 0 aliphatic carbocycles. The molecule has 0 radical (unpaired) electrons. The van der Waals surface area contributed by atoms with Crippen molar-refractivity contribution >= 4 is 0 Å². The van der Waals surface area contributed by atoms with Crippen molar-refractivity contribution in [2.45, 2.75) is 6.29 Å². The third kappa shape index (κ3) is 9.13. The van der Waals surface area contributed by atoms with Crippen molar-refractivity contribution in [3.63, 3.8) is 0 Å². The second-order valence-electron chi connectivity index (χ2n) is 2.19. The van der Waals surface area contributed by atoms with E-state index in [2.05, 4.69) is 4.84 Å². The molecule has 0 aliphatic rings. The van der Waals surface area contributed by atoms with Crippen LogP contribution in [-0.4, -0.2) is 54.6 Å². The van der Waals surface area contributed by atoms with E-state index >= 15 is 0 Å². The summed E-state index contributed by atoms with van der Waals surface area (Å²) < 4.78 is 9.57. The summed E-state index contributed by atoms with van der Waals surface area (Å²) in [7, 11) is 0. The van der Waals surface area contributed by atoms with Gasteiger partial charge < -0.3 is 19.7 Å². The van der Waals surface area contributed by atoms with Gasteiger partial charge in [0.2, 0.25) is 6.29 Å². The molecule has 0 aliphatic heterocycles. The number of hydrogen-bond donors (Lipinski definition) is 2. The highest BCUT2D eigenvalue weighted by Crippen LogP contribution is 1.89. The van der Waals surface area contributed by atoms with Crippen LogP contribution in [0, 0.1) is 10.1 Å². The van der Waals surface area contributed by atoms with Crippen LogP contribution in [0.5, 0.6) is 0 Å². The molecule has 0 saturated carbocycles. The molecule has 1 atom stereocenters. The minimum absolute atomic E-state index is 0.0763. The molecule has 0 saturated heterocycles. The van der Waals surface area contributed by atoms with Gasteiger partial charge in [-0.2, -0.15) is 0 Å². The van der Waals surface area contributed by atoms with Crippen LogP contribution in [0.2, 0.25) is 0 Å². The lowest BCUT2D eigenvalue weighted by molar-refractivity contribution is -0.780. The fourth-order valence-electron chi connectivity index (χ4n) is 0.598. The van der Waals surface area contributed by atoms with Gasteiger partial charge in [-0.15, -0.1) is 10.1 Å². The van der Waals surface area contributed by atoms with Crippen LogP contribution in [0.1, 0.15) is 0 Å². The highest BCUT2D eigenvalue weighted by molar-refractivity contribution is 4.35. The Morgan fingerprint density at radius 2 is 1.93 bits per heavy atom. The average molecular weight is 211 g/mol. The number of ether oxygens (including phenoxy) is 2. The zero-order valence-corrected chi connectivity index (χ0v) is 7.50. The van der Waals surface area contributed by atoms with Crippen LogP contribution >= 0.6 is 0 Å². The van der Waals surface area contributed by atoms with E-state index in [1.807, 2.05) is 0 Å². The molecular formula is C6H13NO7. The van der Waals surface area contributed by atoms with Gasteiger partial charge in [0.05, 0.1) is 33.0 Å². The molecular weight excluding hydrogens is 198 g/mol. The Balaban J connectivity index is 3.14. The lowest BCUT2D eigenvalue weighted by Gasteiger charge is -2.08. The second-order valence-corrected chi connectivity index (χ2v) is 2.19. The summed E-state index contributed by atoms with van der Waals surface area (Å²) in [5.41, 5.74) is 0. The molecule has 0 aromatic heterocycles. The Labute approximate surface area is 80.1 Å². The molecule has 2 N–H and O–H groups in total. The van der Waals surface area contributed by atoms with Crippen molar-refractivity contribution in [3.8, 4) is 0 Å². The number of hydrogen-bond acceptors (Lipinski definition) is 7. The minimum Gasteiger partial charge on any atom is -0.394 e. The Bertz CT molecular complexity index is 153. The lowest BCUT2D eigenvalue weighted by atomic mass is 10.7. The van der Waals surface area contributed by atoms with Crippen molar-refractivity contribution < 1.29 is 29.6 Å². The average Bonchev–Trinajstić information content (AvgIpc) is 2.10. The summed E-state index contributed by atoms with van der Waals surface area (Å²) in [5, 5.41) is 25.7. The quantitative estimate of drug-likeness (QED) is 0.207. The minimum atomic E-state index is -1.58.